The quantitative estimate of drug-likeness (QED) is 0.200. The molecule has 1 aromatic heterocycles. The number of hydrogen-bond donors (Lipinski definition) is 2. The van der Waals surface area contributed by atoms with Crippen LogP contribution < -0.4 is 10.6 Å². The molecule has 0 saturated carbocycles. The molecule has 3 aromatic carbocycles. The summed E-state index contributed by atoms with van der Waals surface area (Å²) in [5.74, 6) is 0.639. The van der Waals surface area contributed by atoms with Crippen LogP contribution >= 0.6 is 35.0 Å². The third kappa shape index (κ3) is 6.67. The average molecular weight is 571 g/mol. The topological polar surface area (TPSA) is 88.9 Å². The Kier molecular flexibility index (Phi) is 9.31. The lowest BCUT2D eigenvalue weighted by atomic mass is 10.0. The number of nitrogens with zero attached hydrogens (tertiary/aromatic N) is 3. The van der Waals surface area contributed by atoms with E-state index in [9.17, 15) is 9.59 Å². The van der Waals surface area contributed by atoms with E-state index in [4.69, 9.17) is 23.2 Å². The zero-order valence-electron chi connectivity index (χ0n) is 21.4. The highest BCUT2D eigenvalue weighted by atomic mass is 35.5. The molecular formula is C28H29Cl2N5O2S. The summed E-state index contributed by atoms with van der Waals surface area (Å²) in [5.41, 5.74) is 1.11. The maximum absolute atomic E-state index is 13.1. The first-order valence-corrected chi connectivity index (χ1v) is 14.1. The van der Waals surface area contributed by atoms with Crippen molar-refractivity contribution in [2.45, 2.75) is 44.9 Å². The highest BCUT2D eigenvalue weighted by molar-refractivity contribution is 7.99. The number of carbonyl (C=O) groups is 2. The Bertz CT molecular complexity index is 1450. The molecule has 4 rings (SSSR count). The molecule has 4 aromatic rings. The molecule has 0 bridgehead atoms. The van der Waals surface area contributed by atoms with Gasteiger partial charge in [0.1, 0.15) is 0 Å². The van der Waals surface area contributed by atoms with E-state index in [2.05, 4.69) is 34.7 Å². The highest BCUT2D eigenvalue weighted by Gasteiger charge is 2.25. The van der Waals surface area contributed by atoms with Gasteiger partial charge < -0.3 is 15.2 Å². The minimum absolute atomic E-state index is 0.136. The van der Waals surface area contributed by atoms with Gasteiger partial charge >= 0.3 is 0 Å². The summed E-state index contributed by atoms with van der Waals surface area (Å²) in [5, 5.41) is 18.2. The van der Waals surface area contributed by atoms with Gasteiger partial charge in [0.25, 0.3) is 5.91 Å². The van der Waals surface area contributed by atoms with Crippen LogP contribution in [-0.2, 0) is 11.3 Å². The lowest BCUT2D eigenvalue weighted by Gasteiger charge is -2.21. The van der Waals surface area contributed by atoms with Gasteiger partial charge in [-0.2, -0.15) is 0 Å². The van der Waals surface area contributed by atoms with Gasteiger partial charge in [0.15, 0.2) is 11.0 Å². The standard InChI is InChI=1S/C28H29Cl2N5O2S/c1-4-35-26(24(14-17(2)3)32-27(37)21-13-12-19(29)15-22(21)30)33-34-28(35)38-16-25(36)31-23-11-7-9-18-8-5-6-10-20(18)23/h5-13,15,17,24H,4,14,16H2,1-3H3,(H,31,36)(H,32,37)/t24-/m1/s1. The summed E-state index contributed by atoms with van der Waals surface area (Å²) in [6.45, 7) is 6.72. The van der Waals surface area contributed by atoms with E-state index in [1.165, 1.54) is 11.8 Å². The lowest BCUT2D eigenvalue weighted by molar-refractivity contribution is -0.113. The van der Waals surface area contributed by atoms with Crippen LogP contribution in [0.1, 0.15) is 49.4 Å². The molecule has 0 fully saturated rings. The van der Waals surface area contributed by atoms with Crippen molar-refractivity contribution in [2.24, 2.45) is 5.92 Å². The number of nitrogens with one attached hydrogen (secondary N) is 2. The van der Waals surface area contributed by atoms with Gasteiger partial charge in [0.05, 0.1) is 22.4 Å². The molecule has 0 aliphatic carbocycles. The molecule has 0 aliphatic heterocycles. The fourth-order valence-corrected chi connectivity index (χ4v) is 5.53. The van der Waals surface area contributed by atoms with Gasteiger partial charge in [-0.15, -0.1) is 10.2 Å². The molecule has 0 spiro atoms. The predicted octanol–water partition coefficient (Wildman–Crippen LogP) is 7.01. The summed E-state index contributed by atoms with van der Waals surface area (Å²) in [6.07, 6.45) is 0.654. The number of anilines is 1. The van der Waals surface area contributed by atoms with Crippen LogP contribution in [0, 0.1) is 5.92 Å². The summed E-state index contributed by atoms with van der Waals surface area (Å²) in [4.78, 5) is 25.9. The number of halogens is 2. The molecule has 1 heterocycles. The predicted molar refractivity (Wildman–Crippen MR) is 155 cm³/mol. The SMILES string of the molecule is CCn1c(SCC(=O)Nc2cccc3ccccc23)nnc1[C@@H](CC(C)C)NC(=O)c1ccc(Cl)cc1Cl. The summed E-state index contributed by atoms with van der Waals surface area (Å²) >= 11 is 13.6. The number of thioether (sulfide) groups is 1. The van der Waals surface area contributed by atoms with Crippen LogP contribution in [0.4, 0.5) is 5.69 Å². The molecule has 0 unspecified atom stereocenters. The van der Waals surface area contributed by atoms with Crippen molar-refractivity contribution in [2.75, 3.05) is 11.1 Å². The van der Waals surface area contributed by atoms with Gasteiger partial charge in [-0.25, -0.2) is 0 Å². The summed E-state index contributed by atoms with van der Waals surface area (Å²) in [7, 11) is 0. The first kappa shape index (κ1) is 28.0. The minimum Gasteiger partial charge on any atom is -0.342 e. The van der Waals surface area contributed by atoms with Gasteiger partial charge in [-0.1, -0.05) is 85.2 Å². The Hall–Kier alpha value is -3.07. The van der Waals surface area contributed by atoms with E-state index in [-0.39, 0.29) is 34.5 Å². The number of carbonyl (C=O) groups excluding carboxylic acids is 2. The fourth-order valence-electron chi connectivity index (χ4n) is 4.22. The lowest BCUT2D eigenvalue weighted by Crippen LogP contribution is -2.32. The Morgan fingerprint density at radius 1 is 1.03 bits per heavy atom. The van der Waals surface area contributed by atoms with Crippen molar-refractivity contribution >= 4 is 63.2 Å². The second-order valence-corrected chi connectivity index (χ2v) is 11.0. The van der Waals surface area contributed by atoms with Crippen molar-refractivity contribution in [3.63, 3.8) is 0 Å². The number of benzene rings is 3. The molecule has 0 saturated heterocycles. The minimum atomic E-state index is -0.388. The Labute approximate surface area is 236 Å². The fraction of sp³-hybridized carbons (Fsp3) is 0.286. The molecular weight excluding hydrogens is 541 g/mol. The van der Waals surface area contributed by atoms with E-state index >= 15 is 0 Å². The molecule has 2 amide bonds. The normalized spacial score (nSPS) is 12.1. The average Bonchev–Trinajstić information content (AvgIpc) is 3.30. The zero-order valence-corrected chi connectivity index (χ0v) is 23.7. The smallest absolute Gasteiger partial charge is 0.253 e. The maximum atomic E-state index is 13.1. The van der Waals surface area contributed by atoms with E-state index in [1.54, 1.807) is 18.2 Å². The van der Waals surface area contributed by atoms with Crippen LogP contribution in [0.15, 0.2) is 65.8 Å². The number of fused-ring (bicyclic) bond motifs is 1. The zero-order chi connectivity index (χ0) is 27.2. The third-order valence-corrected chi connectivity index (χ3v) is 7.47. The molecule has 1 atom stereocenters. The van der Waals surface area contributed by atoms with Gasteiger partial charge in [-0.3, -0.25) is 9.59 Å². The Morgan fingerprint density at radius 2 is 1.79 bits per heavy atom. The molecule has 0 aliphatic rings. The Morgan fingerprint density at radius 3 is 2.53 bits per heavy atom. The Balaban J connectivity index is 1.49. The monoisotopic (exact) mass is 569 g/mol. The van der Waals surface area contributed by atoms with Crippen molar-refractivity contribution in [1.29, 1.82) is 0 Å². The van der Waals surface area contributed by atoms with Crippen molar-refractivity contribution in [1.82, 2.24) is 20.1 Å². The largest absolute Gasteiger partial charge is 0.342 e. The van der Waals surface area contributed by atoms with Crippen LogP contribution in [0.3, 0.4) is 0 Å². The van der Waals surface area contributed by atoms with E-state index in [0.29, 0.717) is 34.5 Å². The van der Waals surface area contributed by atoms with Crippen LogP contribution in [0.5, 0.6) is 0 Å². The number of rotatable bonds is 10. The molecule has 7 nitrogen and oxygen atoms in total. The first-order chi connectivity index (χ1) is 18.3. The number of hydrogen-bond acceptors (Lipinski definition) is 5. The van der Waals surface area contributed by atoms with E-state index in [0.717, 1.165) is 16.5 Å². The summed E-state index contributed by atoms with van der Waals surface area (Å²) < 4.78 is 1.94. The van der Waals surface area contributed by atoms with Crippen LogP contribution in [0.2, 0.25) is 10.0 Å². The third-order valence-electron chi connectivity index (χ3n) is 5.96. The second-order valence-electron chi connectivity index (χ2n) is 9.23. The molecule has 0 radical (unpaired) electrons. The molecule has 10 heteroatoms. The van der Waals surface area contributed by atoms with Gasteiger partial charge in [0, 0.05) is 22.6 Å². The van der Waals surface area contributed by atoms with E-state index < -0.39 is 0 Å². The number of aromatic nitrogens is 3. The van der Waals surface area contributed by atoms with Gasteiger partial charge in [0.2, 0.25) is 5.91 Å². The summed E-state index contributed by atoms with van der Waals surface area (Å²) in [6, 6.07) is 18.1. The van der Waals surface area contributed by atoms with Crippen LogP contribution in [0.25, 0.3) is 10.8 Å². The van der Waals surface area contributed by atoms with E-state index in [1.807, 2.05) is 54.0 Å². The van der Waals surface area contributed by atoms with Crippen molar-refractivity contribution < 1.29 is 9.59 Å². The number of amides is 2. The first-order valence-electron chi connectivity index (χ1n) is 12.4. The highest BCUT2D eigenvalue weighted by Crippen LogP contribution is 2.28. The van der Waals surface area contributed by atoms with Gasteiger partial charge in [-0.05, 0) is 48.9 Å². The molecule has 2 N–H and O–H groups in total. The van der Waals surface area contributed by atoms with Crippen molar-refractivity contribution in [3.8, 4) is 0 Å². The van der Waals surface area contributed by atoms with Crippen LogP contribution in [-0.4, -0.2) is 32.3 Å². The molecule has 198 valence electrons. The second kappa shape index (κ2) is 12.7. The maximum Gasteiger partial charge on any atom is 0.253 e. The molecule has 38 heavy (non-hydrogen) atoms. The van der Waals surface area contributed by atoms with Crippen molar-refractivity contribution in [3.05, 3.63) is 82.1 Å².